The van der Waals surface area contributed by atoms with Gasteiger partial charge in [-0.2, -0.15) is 4.98 Å². The maximum Gasteiger partial charge on any atom is 0.292 e. The van der Waals surface area contributed by atoms with Crippen molar-refractivity contribution in [3.05, 3.63) is 65.7 Å². The van der Waals surface area contributed by atoms with E-state index in [4.69, 9.17) is 4.52 Å². The number of piperazine rings is 1. The van der Waals surface area contributed by atoms with E-state index in [1.54, 1.807) is 12.4 Å². The summed E-state index contributed by atoms with van der Waals surface area (Å²) >= 11 is 0. The molecule has 1 aromatic carbocycles. The van der Waals surface area contributed by atoms with Gasteiger partial charge in [-0.3, -0.25) is 9.59 Å². The van der Waals surface area contributed by atoms with E-state index in [9.17, 15) is 9.59 Å². The first-order valence-corrected chi connectivity index (χ1v) is 13.4. The first-order valence-electron chi connectivity index (χ1n) is 13.4. The summed E-state index contributed by atoms with van der Waals surface area (Å²) in [4.78, 5) is 44.3. The molecule has 0 radical (unpaired) electrons. The Morgan fingerprint density at radius 3 is 2.55 bits per heavy atom. The van der Waals surface area contributed by atoms with Crippen LogP contribution in [0.2, 0.25) is 0 Å². The molecule has 0 spiro atoms. The average molecular weight is 547 g/mol. The molecule has 2 amide bonds. The van der Waals surface area contributed by atoms with Gasteiger partial charge >= 0.3 is 0 Å². The van der Waals surface area contributed by atoms with Crippen LogP contribution in [-0.2, 0) is 16.8 Å². The Morgan fingerprint density at radius 1 is 1.15 bits per heavy atom. The molecular weight excluding hydrogens is 508 g/mol. The van der Waals surface area contributed by atoms with Gasteiger partial charge in [-0.25, -0.2) is 9.97 Å². The van der Waals surface area contributed by atoms with Crippen LogP contribution < -0.4 is 10.2 Å². The van der Waals surface area contributed by atoms with Crippen molar-refractivity contribution in [1.82, 2.24) is 35.2 Å². The molecule has 0 bridgehead atoms. The summed E-state index contributed by atoms with van der Waals surface area (Å²) < 4.78 is 5.23. The fourth-order valence-corrected chi connectivity index (χ4v) is 4.33. The molecule has 212 valence electrons. The van der Waals surface area contributed by atoms with Gasteiger partial charge in [0.15, 0.2) is 0 Å². The van der Waals surface area contributed by atoms with Gasteiger partial charge in [-0.1, -0.05) is 44.1 Å². The minimum Gasteiger partial charge on any atom is -0.365 e. The lowest BCUT2D eigenvalue weighted by molar-refractivity contribution is -0.126. The van der Waals surface area contributed by atoms with Crippen LogP contribution in [0.3, 0.4) is 0 Å². The third-order valence-electron chi connectivity index (χ3n) is 6.68. The zero-order valence-corrected chi connectivity index (χ0v) is 24.1. The van der Waals surface area contributed by atoms with Crippen LogP contribution >= 0.6 is 0 Å². The summed E-state index contributed by atoms with van der Waals surface area (Å²) in [5.74, 6) is 0.102. The number of aryl methyl sites for hydroxylation is 1. The molecule has 1 aliphatic rings. The number of carbonyl (C=O) groups excluding carboxylic acids is 2. The van der Waals surface area contributed by atoms with Crippen LogP contribution in [0.1, 0.15) is 48.4 Å². The third-order valence-corrected chi connectivity index (χ3v) is 6.68. The zero-order chi connectivity index (χ0) is 28.9. The Kier molecular flexibility index (Phi) is 8.93. The molecule has 3 aromatic rings. The molecule has 4 rings (SSSR count). The summed E-state index contributed by atoms with van der Waals surface area (Å²) in [7, 11) is 3.95. The summed E-state index contributed by atoms with van der Waals surface area (Å²) in [5.41, 5.74) is 4.40. The predicted molar refractivity (Wildman–Crippen MR) is 153 cm³/mol. The Balaban J connectivity index is 1.40. The van der Waals surface area contributed by atoms with E-state index in [1.807, 2.05) is 76.0 Å². The summed E-state index contributed by atoms with van der Waals surface area (Å²) in [5, 5.41) is 6.69. The molecule has 0 atom stereocenters. The van der Waals surface area contributed by atoms with Gasteiger partial charge in [-0.05, 0) is 38.2 Å². The molecular formula is C29H38N8O3. The smallest absolute Gasteiger partial charge is 0.292 e. The van der Waals surface area contributed by atoms with Gasteiger partial charge in [-0.15, -0.1) is 0 Å². The normalized spacial score (nSPS) is 14.3. The number of carbonyl (C=O) groups is 2. The number of nitrogens with one attached hydrogen (secondary N) is 1. The topological polar surface area (TPSA) is 121 Å². The maximum atomic E-state index is 12.6. The Labute approximate surface area is 235 Å². The highest BCUT2D eigenvalue weighted by Crippen LogP contribution is 2.30. The van der Waals surface area contributed by atoms with Crippen LogP contribution in [0.4, 0.5) is 5.69 Å². The van der Waals surface area contributed by atoms with Gasteiger partial charge in [0.2, 0.25) is 11.8 Å². The first-order chi connectivity index (χ1) is 19.0. The Bertz CT molecular complexity index is 1370. The second-order valence-electron chi connectivity index (χ2n) is 11.2. The van der Waals surface area contributed by atoms with Crippen LogP contribution in [-0.4, -0.2) is 88.5 Å². The fraction of sp³-hybridized carbons (Fsp3) is 0.448. The zero-order valence-electron chi connectivity index (χ0n) is 24.1. The van der Waals surface area contributed by atoms with Crippen molar-refractivity contribution in [2.24, 2.45) is 0 Å². The van der Waals surface area contributed by atoms with Gasteiger partial charge in [0.25, 0.3) is 11.7 Å². The van der Waals surface area contributed by atoms with Gasteiger partial charge < -0.3 is 24.5 Å². The lowest BCUT2D eigenvalue weighted by Crippen LogP contribution is -2.48. The van der Waals surface area contributed by atoms with Crippen LogP contribution in [0, 0.1) is 6.92 Å². The minimum atomic E-state index is -0.383. The number of anilines is 1. The van der Waals surface area contributed by atoms with E-state index in [2.05, 4.69) is 36.4 Å². The lowest BCUT2D eigenvalue weighted by Gasteiger charge is -2.36. The Hall–Kier alpha value is -4.12. The molecule has 0 aliphatic carbocycles. The molecule has 40 heavy (non-hydrogen) atoms. The standard InChI is InChI=1S/C29H38N8O3/c1-20-16-21(9-10-22(20)17-31-27(39)26-33-28(40-34-26)29(2,3)4)25-23(18-30-19-32-25)36-12-14-37(15-13-36)24(38)8-7-11-35(5)6/h7-10,16,18-19H,11-15,17H2,1-6H3,(H,31,39). The second kappa shape index (κ2) is 12.4. The highest BCUT2D eigenvalue weighted by molar-refractivity contribution is 5.90. The van der Waals surface area contributed by atoms with Gasteiger partial charge in [0.05, 0.1) is 17.6 Å². The van der Waals surface area contributed by atoms with E-state index in [0.717, 1.165) is 34.6 Å². The number of hydrogen-bond acceptors (Lipinski definition) is 9. The third kappa shape index (κ3) is 7.09. The number of nitrogens with zero attached hydrogens (tertiary/aromatic N) is 7. The molecule has 0 unspecified atom stereocenters. The number of likely N-dealkylation sites (N-methyl/N-ethyl adjacent to an activating group) is 1. The van der Waals surface area contributed by atoms with Crippen molar-refractivity contribution >= 4 is 17.5 Å². The van der Waals surface area contributed by atoms with Crippen molar-refractivity contribution in [2.45, 2.75) is 39.7 Å². The first kappa shape index (κ1) is 28.9. The molecule has 11 nitrogen and oxygen atoms in total. The van der Waals surface area contributed by atoms with Crippen LogP contribution in [0.25, 0.3) is 11.3 Å². The van der Waals surface area contributed by atoms with E-state index in [-0.39, 0.29) is 23.1 Å². The molecule has 1 saturated heterocycles. The van der Waals surface area contributed by atoms with Crippen molar-refractivity contribution in [3.63, 3.8) is 0 Å². The quantitative estimate of drug-likeness (QED) is 0.425. The number of hydrogen-bond donors (Lipinski definition) is 1. The fourth-order valence-electron chi connectivity index (χ4n) is 4.33. The van der Waals surface area contributed by atoms with E-state index in [0.29, 0.717) is 38.6 Å². The van der Waals surface area contributed by atoms with Crippen molar-refractivity contribution in [1.29, 1.82) is 0 Å². The number of aromatic nitrogens is 4. The van der Waals surface area contributed by atoms with Crippen molar-refractivity contribution < 1.29 is 14.1 Å². The maximum absolute atomic E-state index is 12.6. The number of amides is 2. The summed E-state index contributed by atoms with van der Waals surface area (Å²) in [6.45, 7) is 11.6. The SMILES string of the molecule is Cc1cc(-c2ncncc2N2CCN(C(=O)C=CCN(C)C)CC2)ccc1CNC(=O)c1noc(C(C)(C)C)n1. The average Bonchev–Trinajstić information content (AvgIpc) is 3.44. The second-order valence-corrected chi connectivity index (χ2v) is 11.2. The van der Waals surface area contributed by atoms with E-state index >= 15 is 0 Å². The lowest BCUT2D eigenvalue weighted by atomic mass is 9.97. The molecule has 3 heterocycles. The Morgan fingerprint density at radius 2 is 1.90 bits per heavy atom. The van der Waals surface area contributed by atoms with Crippen LogP contribution in [0.5, 0.6) is 0 Å². The highest BCUT2D eigenvalue weighted by atomic mass is 16.5. The van der Waals surface area contributed by atoms with Gasteiger partial charge in [0.1, 0.15) is 6.33 Å². The predicted octanol–water partition coefficient (Wildman–Crippen LogP) is 2.83. The molecule has 1 fully saturated rings. The number of rotatable bonds is 8. The van der Waals surface area contributed by atoms with Gasteiger partial charge in [0, 0.05) is 56.3 Å². The van der Waals surface area contributed by atoms with Crippen molar-refractivity contribution in [3.8, 4) is 11.3 Å². The molecule has 2 aromatic heterocycles. The van der Waals surface area contributed by atoms with E-state index < -0.39 is 0 Å². The summed E-state index contributed by atoms with van der Waals surface area (Å²) in [6.07, 6.45) is 6.93. The highest BCUT2D eigenvalue weighted by Gasteiger charge is 2.25. The largest absolute Gasteiger partial charge is 0.365 e. The van der Waals surface area contributed by atoms with Crippen LogP contribution in [0.15, 0.2) is 47.4 Å². The summed E-state index contributed by atoms with van der Waals surface area (Å²) in [6, 6.07) is 6.06. The monoisotopic (exact) mass is 546 g/mol. The van der Waals surface area contributed by atoms with Crippen molar-refractivity contribution in [2.75, 3.05) is 51.7 Å². The molecule has 1 aliphatic heterocycles. The molecule has 1 N–H and O–H groups in total. The van der Waals surface area contributed by atoms with E-state index in [1.165, 1.54) is 0 Å². The molecule has 0 saturated carbocycles. The minimum absolute atomic E-state index is 0.0243. The molecule has 11 heteroatoms. The number of benzene rings is 1.